The van der Waals surface area contributed by atoms with E-state index in [0.29, 0.717) is 6.42 Å². The van der Waals surface area contributed by atoms with Gasteiger partial charge in [-0.2, -0.15) is 0 Å². The zero-order valence-corrected chi connectivity index (χ0v) is 7.40. The summed E-state index contributed by atoms with van der Waals surface area (Å²) in [5.41, 5.74) is 5.50. The van der Waals surface area contributed by atoms with Crippen molar-refractivity contribution in [3.8, 4) is 0 Å². The Hall–Kier alpha value is -1.10. The molecule has 13 heavy (non-hydrogen) atoms. The van der Waals surface area contributed by atoms with E-state index in [0.717, 1.165) is 0 Å². The number of carboxylic acids is 1. The topological polar surface area (TPSA) is 89.6 Å². The van der Waals surface area contributed by atoms with E-state index in [9.17, 15) is 9.59 Å². The number of esters is 1. The van der Waals surface area contributed by atoms with E-state index in [-0.39, 0.29) is 12.5 Å². The lowest BCUT2D eigenvalue weighted by Gasteiger charge is -2.08. The SMILES string of the molecule is CCOC(=O)C(N)C1CC1C(=O)O. The molecule has 0 aliphatic heterocycles. The van der Waals surface area contributed by atoms with Gasteiger partial charge in [-0.15, -0.1) is 0 Å². The van der Waals surface area contributed by atoms with E-state index in [4.69, 9.17) is 10.8 Å². The van der Waals surface area contributed by atoms with Crippen molar-refractivity contribution in [3.05, 3.63) is 0 Å². The molecular weight excluding hydrogens is 174 g/mol. The summed E-state index contributed by atoms with van der Waals surface area (Å²) in [6.07, 6.45) is 0.481. The fourth-order valence-electron chi connectivity index (χ4n) is 1.31. The number of carboxylic acid groups (broad SMARTS) is 1. The molecule has 3 unspecified atom stereocenters. The standard InChI is InChI=1S/C8H13NO4/c1-2-13-8(12)6(9)4-3-5(4)7(10)11/h4-6H,2-3,9H2,1H3,(H,10,11). The Morgan fingerprint density at radius 2 is 2.31 bits per heavy atom. The van der Waals surface area contributed by atoms with Crippen LogP contribution in [0.15, 0.2) is 0 Å². The number of carbonyl (C=O) groups is 2. The Morgan fingerprint density at radius 3 is 2.69 bits per heavy atom. The summed E-state index contributed by atoms with van der Waals surface area (Å²) in [6, 6.07) is -0.777. The van der Waals surface area contributed by atoms with Crippen LogP contribution in [0.5, 0.6) is 0 Å². The average Bonchev–Trinajstić information content (AvgIpc) is 2.82. The fraction of sp³-hybridized carbons (Fsp3) is 0.750. The summed E-state index contributed by atoms with van der Waals surface area (Å²) in [6.45, 7) is 1.96. The predicted molar refractivity (Wildman–Crippen MR) is 43.8 cm³/mol. The normalized spacial score (nSPS) is 27.8. The van der Waals surface area contributed by atoms with Crippen LogP contribution in [0.2, 0.25) is 0 Å². The van der Waals surface area contributed by atoms with Gasteiger partial charge in [0.25, 0.3) is 0 Å². The maximum absolute atomic E-state index is 11.1. The van der Waals surface area contributed by atoms with Crippen LogP contribution >= 0.6 is 0 Å². The summed E-state index contributed by atoms with van der Waals surface area (Å²) in [5.74, 6) is -2.09. The molecule has 74 valence electrons. The molecule has 5 nitrogen and oxygen atoms in total. The number of nitrogens with two attached hydrogens (primary N) is 1. The van der Waals surface area contributed by atoms with Crippen molar-refractivity contribution in [2.45, 2.75) is 19.4 Å². The van der Waals surface area contributed by atoms with Gasteiger partial charge in [-0.05, 0) is 19.3 Å². The van der Waals surface area contributed by atoms with Crippen molar-refractivity contribution >= 4 is 11.9 Å². The first-order valence-electron chi connectivity index (χ1n) is 4.23. The maximum Gasteiger partial charge on any atom is 0.323 e. The highest BCUT2D eigenvalue weighted by molar-refractivity contribution is 5.80. The van der Waals surface area contributed by atoms with Crippen LogP contribution in [0.3, 0.4) is 0 Å². The zero-order chi connectivity index (χ0) is 10.0. The van der Waals surface area contributed by atoms with E-state index in [1.807, 2.05) is 0 Å². The lowest BCUT2D eigenvalue weighted by Crippen LogP contribution is -2.35. The monoisotopic (exact) mass is 187 g/mol. The molecule has 0 amide bonds. The predicted octanol–water partition coefficient (Wildman–Crippen LogP) is -0.402. The number of aliphatic carboxylic acids is 1. The molecule has 0 bridgehead atoms. The third-order valence-electron chi connectivity index (χ3n) is 2.18. The van der Waals surface area contributed by atoms with Crippen LogP contribution in [-0.4, -0.2) is 29.7 Å². The first kappa shape index (κ1) is 9.98. The van der Waals surface area contributed by atoms with Gasteiger partial charge >= 0.3 is 11.9 Å². The molecule has 0 saturated heterocycles. The molecule has 0 radical (unpaired) electrons. The van der Waals surface area contributed by atoms with Gasteiger partial charge in [0, 0.05) is 0 Å². The highest BCUT2D eigenvalue weighted by Gasteiger charge is 2.49. The summed E-state index contributed by atoms with van der Waals surface area (Å²) in [5, 5.41) is 8.58. The summed E-state index contributed by atoms with van der Waals surface area (Å²) in [7, 11) is 0. The van der Waals surface area contributed by atoms with Gasteiger partial charge in [-0.1, -0.05) is 0 Å². The Kier molecular flexibility index (Phi) is 2.87. The van der Waals surface area contributed by atoms with E-state index >= 15 is 0 Å². The molecule has 3 N–H and O–H groups in total. The number of rotatable bonds is 4. The van der Waals surface area contributed by atoms with Crippen molar-refractivity contribution in [3.63, 3.8) is 0 Å². The molecule has 3 atom stereocenters. The molecule has 1 rings (SSSR count). The minimum Gasteiger partial charge on any atom is -0.481 e. The van der Waals surface area contributed by atoms with E-state index in [2.05, 4.69) is 4.74 Å². The second kappa shape index (κ2) is 3.74. The quantitative estimate of drug-likeness (QED) is 0.584. The number of carbonyl (C=O) groups excluding carboxylic acids is 1. The van der Waals surface area contributed by atoms with Crippen molar-refractivity contribution in [1.29, 1.82) is 0 Å². The van der Waals surface area contributed by atoms with Gasteiger partial charge in [0.2, 0.25) is 0 Å². The molecule has 0 spiro atoms. The van der Waals surface area contributed by atoms with Gasteiger partial charge in [0.15, 0.2) is 0 Å². The second-order valence-electron chi connectivity index (χ2n) is 3.12. The van der Waals surface area contributed by atoms with Crippen LogP contribution in [0.4, 0.5) is 0 Å². The van der Waals surface area contributed by atoms with Gasteiger partial charge in [-0.3, -0.25) is 9.59 Å². The van der Waals surface area contributed by atoms with Gasteiger partial charge in [0.1, 0.15) is 6.04 Å². The third-order valence-corrected chi connectivity index (χ3v) is 2.18. The molecular formula is C8H13NO4. The maximum atomic E-state index is 11.1. The number of hydrogen-bond donors (Lipinski definition) is 2. The van der Waals surface area contributed by atoms with Crippen LogP contribution in [-0.2, 0) is 14.3 Å². The van der Waals surface area contributed by atoms with Gasteiger partial charge in [-0.25, -0.2) is 0 Å². The molecule has 5 heteroatoms. The molecule has 0 aromatic heterocycles. The van der Waals surface area contributed by atoms with Crippen molar-refractivity contribution in [2.24, 2.45) is 17.6 Å². The Balaban J connectivity index is 2.38. The lowest BCUT2D eigenvalue weighted by atomic mass is 10.1. The van der Waals surface area contributed by atoms with Crippen LogP contribution in [0.1, 0.15) is 13.3 Å². The molecule has 0 aromatic rings. The van der Waals surface area contributed by atoms with Gasteiger partial charge < -0.3 is 15.6 Å². The van der Waals surface area contributed by atoms with Crippen LogP contribution in [0.25, 0.3) is 0 Å². The zero-order valence-electron chi connectivity index (χ0n) is 7.40. The van der Waals surface area contributed by atoms with Gasteiger partial charge in [0.05, 0.1) is 12.5 Å². The minimum absolute atomic E-state index is 0.239. The van der Waals surface area contributed by atoms with Crippen LogP contribution in [0, 0.1) is 11.8 Å². The average molecular weight is 187 g/mol. The van der Waals surface area contributed by atoms with Crippen molar-refractivity contribution < 1.29 is 19.4 Å². The lowest BCUT2D eigenvalue weighted by molar-refractivity contribution is -0.145. The summed E-state index contributed by atoms with van der Waals surface area (Å²) >= 11 is 0. The van der Waals surface area contributed by atoms with Crippen LogP contribution < -0.4 is 5.73 Å². The largest absolute Gasteiger partial charge is 0.481 e. The first-order valence-corrected chi connectivity index (χ1v) is 4.23. The fourth-order valence-corrected chi connectivity index (χ4v) is 1.31. The van der Waals surface area contributed by atoms with Crippen molar-refractivity contribution in [1.82, 2.24) is 0 Å². The highest BCUT2D eigenvalue weighted by Crippen LogP contribution is 2.40. The first-order chi connectivity index (χ1) is 6.07. The molecule has 0 aromatic carbocycles. The van der Waals surface area contributed by atoms with E-state index < -0.39 is 23.9 Å². The number of hydrogen-bond acceptors (Lipinski definition) is 4. The molecule has 1 fully saturated rings. The van der Waals surface area contributed by atoms with E-state index in [1.165, 1.54) is 0 Å². The highest BCUT2D eigenvalue weighted by atomic mass is 16.5. The molecule has 1 aliphatic carbocycles. The summed E-state index contributed by atoms with van der Waals surface area (Å²) < 4.78 is 4.68. The van der Waals surface area contributed by atoms with Crippen molar-refractivity contribution in [2.75, 3.05) is 6.61 Å². The Labute approximate surface area is 75.9 Å². The Morgan fingerprint density at radius 1 is 1.69 bits per heavy atom. The smallest absolute Gasteiger partial charge is 0.323 e. The molecule has 1 aliphatic rings. The number of ether oxygens (including phenoxy) is 1. The van der Waals surface area contributed by atoms with E-state index in [1.54, 1.807) is 6.92 Å². The second-order valence-corrected chi connectivity index (χ2v) is 3.12. The third kappa shape index (κ3) is 2.18. The minimum atomic E-state index is -0.884. The molecule has 1 saturated carbocycles. The summed E-state index contributed by atoms with van der Waals surface area (Å²) in [4.78, 5) is 21.5. The molecule has 0 heterocycles. The Bertz CT molecular complexity index is 228.